The van der Waals surface area contributed by atoms with Crippen LogP contribution >= 0.6 is 11.8 Å². The third kappa shape index (κ3) is 7.26. The van der Waals surface area contributed by atoms with E-state index in [2.05, 4.69) is 17.0 Å². The molecule has 0 heterocycles. The Balaban J connectivity index is 1.89. The van der Waals surface area contributed by atoms with Crippen LogP contribution in [-0.2, 0) is 11.2 Å². The minimum Gasteiger partial charge on any atom is -0.405 e. The number of benzene rings is 3. The summed E-state index contributed by atoms with van der Waals surface area (Å²) in [6, 6.07) is 17.8. The van der Waals surface area contributed by atoms with Crippen LogP contribution in [0.15, 0.2) is 71.6 Å². The van der Waals surface area contributed by atoms with Crippen LogP contribution in [0.5, 0.6) is 5.75 Å². The second kappa shape index (κ2) is 11.3. The van der Waals surface area contributed by atoms with Crippen LogP contribution in [0.1, 0.15) is 22.8 Å². The highest BCUT2D eigenvalue weighted by atomic mass is 32.2. The van der Waals surface area contributed by atoms with Crippen LogP contribution in [0.2, 0.25) is 0 Å². The van der Waals surface area contributed by atoms with Crippen molar-refractivity contribution < 1.29 is 27.5 Å². The number of thioether (sulfide) groups is 1. The fraction of sp³-hybridized carbons (Fsp3) is 0.231. The summed E-state index contributed by atoms with van der Waals surface area (Å²) >= 11 is 1.71. The van der Waals surface area contributed by atoms with Gasteiger partial charge in [0.15, 0.2) is 0 Å². The van der Waals surface area contributed by atoms with Crippen molar-refractivity contribution in [3.05, 3.63) is 77.9 Å². The number of nitrogens with zero attached hydrogens (tertiary/aromatic N) is 1. The topological polar surface area (TPSA) is 58.6 Å². The zero-order chi connectivity index (χ0) is 25.6. The van der Waals surface area contributed by atoms with Gasteiger partial charge in [-0.2, -0.15) is 0 Å². The lowest BCUT2D eigenvalue weighted by molar-refractivity contribution is -0.274. The van der Waals surface area contributed by atoms with Gasteiger partial charge in [-0.25, -0.2) is 0 Å². The summed E-state index contributed by atoms with van der Waals surface area (Å²) < 4.78 is 42.9. The molecule has 0 bridgehead atoms. The number of hydrogen-bond donors (Lipinski definition) is 1. The van der Waals surface area contributed by atoms with Gasteiger partial charge in [0.1, 0.15) is 5.75 Å². The molecule has 0 unspecified atom stereocenters. The zero-order valence-electron chi connectivity index (χ0n) is 19.5. The Morgan fingerprint density at radius 1 is 0.971 bits per heavy atom. The van der Waals surface area contributed by atoms with E-state index in [1.165, 1.54) is 49.3 Å². The second-order valence-electron chi connectivity index (χ2n) is 7.81. The van der Waals surface area contributed by atoms with Gasteiger partial charge in [-0.15, -0.1) is 24.9 Å². The first kappa shape index (κ1) is 26.2. The fourth-order valence-corrected chi connectivity index (χ4v) is 4.10. The molecule has 0 aliphatic heterocycles. The van der Waals surface area contributed by atoms with Gasteiger partial charge in [0.05, 0.1) is 6.42 Å². The third-order valence-corrected chi connectivity index (χ3v) is 5.84. The molecule has 0 atom stereocenters. The highest BCUT2D eigenvalue weighted by molar-refractivity contribution is 7.99. The molecule has 3 rings (SSSR count). The van der Waals surface area contributed by atoms with Crippen LogP contribution in [0.4, 0.5) is 18.9 Å². The summed E-state index contributed by atoms with van der Waals surface area (Å²) in [7, 11) is 3.08. The van der Waals surface area contributed by atoms with Gasteiger partial charge in [0.25, 0.3) is 5.91 Å². The summed E-state index contributed by atoms with van der Waals surface area (Å²) in [5, 5.41) is 2.77. The first-order valence-corrected chi connectivity index (χ1v) is 11.8. The summed E-state index contributed by atoms with van der Waals surface area (Å²) in [4.78, 5) is 27.9. The summed E-state index contributed by atoms with van der Waals surface area (Å²) in [5.41, 5.74) is 1.69. The Morgan fingerprint density at radius 3 is 2.29 bits per heavy atom. The minimum absolute atomic E-state index is 0.109. The van der Waals surface area contributed by atoms with Crippen LogP contribution in [0.25, 0.3) is 11.1 Å². The highest BCUT2D eigenvalue weighted by Gasteiger charge is 2.32. The van der Waals surface area contributed by atoms with E-state index < -0.39 is 18.0 Å². The van der Waals surface area contributed by atoms with Gasteiger partial charge in [0.2, 0.25) is 5.91 Å². The third-order valence-electron chi connectivity index (χ3n) is 4.94. The predicted molar refractivity (Wildman–Crippen MR) is 132 cm³/mol. The van der Waals surface area contributed by atoms with E-state index in [0.717, 1.165) is 16.2 Å². The molecule has 35 heavy (non-hydrogen) atoms. The Kier molecular flexibility index (Phi) is 8.45. The van der Waals surface area contributed by atoms with Crippen molar-refractivity contribution in [2.45, 2.75) is 24.6 Å². The van der Waals surface area contributed by atoms with Crippen LogP contribution in [-0.4, -0.2) is 42.9 Å². The van der Waals surface area contributed by atoms with E-state index in [-0.39, 0.29) is 29.0 Å². The Hall–Kier alpha value is -3.46. The van der Waals surface area contributed by atoms with Crippen LogP contribution < -0.4 is 10.1 Å². The molecule has 3 aromatic rings. The maximum Gasteiger partial charge on any atom is 0.573 e. The van der Waals surface area contributed by atoms with E-state index >= 15 is 0 Å². The average Bonchev–Trinajstić information content (AvgIpc) is 2.79. The van der Waals surface area contributed by atoms with Crippen molar-refractivity contribution in [1.29, 1.82) is 0 Å². The van der Waals surface area contributed by atoms with Gasteiger partial charge in [-0.05, 0) is 47.2 Å². The van der Waals surface area contributed by atoms with E-state index in [4.69, 9.17) is 0 Å². The molecule has 184 valence electrons. The molecule has 0 saturated heterocycles. The lowest BCUT2D eigenvalue weighted by atomic mass is 9.97. The number of amides is 2. The smallest absolute Gasteiger partial charge is 0.405 e. The average molecular weight is 503 g/mol. The Morgan fingerprint density at radius 2 is 1.66 bits per heavy atom. The normalized spacial score (nSPS) is 11.1. The molecule has 0 spiro atoms. The van der Waals surface area contributed by atoms with Crippen LogP contribution in [0.3, 0.4) is 0 Å². The molecule has 1 N–H and O–H groups in total. The number of carbonyl (C=O) groups is 2. The van der Waals surface area contributed by atoms with Gasteiger partial charge >= 0.3 is 6.36 Å². The molecule has 0 fully saturated rings. The van der Waals surface area contributed by atoms with Gasteiger partial charge in [0, 0.05) is 35.8 Å². The quantitative estimate of drug-likeness (QED) is 0.370. The van der Waals surface area contributed by atoms with Crippen molar-refractivity contribution in [2.24, 2.45) is 0 Å². The lowest BCUT2D eigenvalue weighted by Crippen LogP contribution is -2.23. The monoisotopic (exact) mass is 502 g/mol. The molecule has 0 radical (unpaired) electrons. The summed E-state index contributed by atoms with van der Waals surface area (Å²) in [6.45, 7) is 2.06. The van der Waals surface area contributed by atoms with Gasteiger partial charge in [-0.3, -0.25) is 9.59 Å². The molecular formula is C26H25F3N2O3S. The van der Waals surface area contributed by atoms with E-state index in [1.54, 1.807) is 23.9 Å². The molecule has 9 heteroatoms. The number of hydrogen-bond acceptors (Lipinski definition) is 4. The maximum absolute atomic E-state index is 12.9. The maximum atomic E-state index is 12.9. The first-order valence-electron chi connectivity index (χ1n) is 10.8. The van der Waals surface area contributed by atoms with Crippen molar-refractivity contribution in [1.82, 2.24) is 4.90 Å². The number of alkyl halides is 3. The first-order chi connectivity index (χ1) is 16.6. The number of ether oxygens (including phenoxy) is 1. The molecule has 0 saturated carbocycles. The van der Waals surface area contributed by atoms with Crippen LogP contribution in [0, 0.1) is 0 Å². The van der Waals surface area contributed by atoms with E-state index in [0.29, 0.717) is 5.69 Å². The molecule has 5 nitrogen and oxygen atoms in total. The minimum atomic E-state index is -4.89. The lowest BCUT2D eigenvalue weighted by Gasteiger charge is -2.18. The van der Waals surface area contributed by atoms with E-state index in [1.807, 2.05) is 24.3 Å². The largest absolute Gasteiger partial charge is 0.573 e. The second-order valence-corrected chi connectivity index (χ2v) is 9.14. The Labute approximate surface area is 206 Å². The van der Waals surface area contributed by atoms with E-state index in [9.17, 15) is 22.8 Å². The van der Waals surface area contributed by atoms with Gasteiger partial charge < -0.3 is 15.0 Å². The summed E-state index contributed by atoms with van der Waals surface area (Å²) in [5.74, 6) is -0.176. The number of rotatable bonds is 8. The van der Waals surface area contributed by atoms with Crippen molar-refractivity contribution in [2.75, 3.05) is 25.2 Å². The number of nitrogens with one attached hydrogen (secondary N) is 1. The van der Waals surface area contributed by atoms with Crippen molar-refractivity contribution in [3.8, 4) is 16.9 Å². The summed E-state index contributed by atoms with van der Waals surface area (Å²) in [6.07, 6.45) is -4.75. The molecule has 0 aliphatic rings. The zero-order valence-corrected chi connectivity index (χ0v) is 20.3. The SMILES string of the molecule is CCSc1ccc(CC(=O)Nc2ccc(-c3ccccc3OC(F)(F)F)c(C(=O)N(C)C)c2)cc1. The molecule has 0 aromatic heterocycles. The predicted octanol–water partition coefficient (Wildman–Crippen LogP) is 6.25. The van der Waals surface area contributed by atoms with Crippen molar-refractivity contribution in [3.63, 3.8) is 0 Å². The standard InChI is InChI=1S/C26H25F3N2O3S/c1-4-35-19-12-9-17(10-13-19)15-24(32)30-18-11-14-20(22(16-18)25(33)31(2)3)21-7-5-6-8-23(21)34-26(27,28)29/h5-14,16H,4,15H2,1-3H3,(H,30,32). The van der Waals surface area contributed by atoms with Crippen molar-refractivity contribution >= 4 is 29.3 Å². The molecule has 2 amide bonds. The molecule has 0 aliphatic carbocycles. The molecular weight excluding hydrogens is 477 g/mol. The molecule has 3 aromatic carbocycles. The van der Waals surface area contributed by atoms with Gasteiger partial charge in [-0.1, -0.05) is 43.3 Å². The highest BCUT2D eigenvalue weighted by Crippen LogP contribution is 2.36. The number of halogens is 3. The fourth-order valence-electron chi connectivity index (χ4n) is 3.44. The number of carbonyl (C=O) groups excluding carboxylic acids is 2. The number of anilines is 1. The Bertz CT molecular complexity index is 1200. The number of para-hydroxylation sites is 1.